The summed E-state index contributed by atoms with van der Waals surface area (Å²) >= 11 is 0. The van der Waals surface area contributed by atoms with Crippen LogP contribution in [0.2, 0.25) is 0 Å². The number of aliphatic carboxylic acids is 1. The Kier molecular flexibility index (Phi) is 3.68. The summed E-state index contributed by atoms with van der Waals surface area (Å²) in [6.45, 7) is 2.23. The van der Waals surface area contributed by atoms with Crippen molar-refractivity contribution < 1.29 is 14.7 Å². The number of amides is 1. The maximum absolute atomic E-state index is 12.7. The lowest BCUT2D eigenvalue weighted by molar-refractivity contribution is -0.139. The lowest BCUT2D eigenvalue weighted by atomic mass is 9.89. The summed E-state index contributed by atoms with van der Waals surface area (Å²) in [5, 5.41) is 9.35. The van der Waals surface area contributed by atoms with E-state index in [4.69, 9.17) is 0 Å². The number of fused-ring (bicyclic) bond motifs is 1. The second kappa shape index (κ2) is 5.48. The predicted molar refractivity (Wildman–Crippen MR) is 79.4 cm³/mol. The van der Waals surface area contributed by atoms with E-state index in [1.165, 1.54) is 0 Å². The number of carbonyl (C=O) groups is 2. The fourth-order valence-corrected chi connectivity index (χ4v) is 3.40. The zero-order chi connectivity index (χ0) is 15.0. The van der Waals surface area contributed by atoms with Crippen molar-refractivity contribution in [2.75, 3.05) is 31.6 Å². The van der Waals surface area contributed by atoms with Crippen LogP contribution in [-0.4, -0.2) is 48.6 Å². The average molecular weight is 288 g/mol. The largest absolute Gasteiger partial charge is 0.481 e. The quantitative estimate of drug-likeness (QED) is 0.897. The lowest BCUT2D eigenvalue weighted by Gasteiger charge is -2.34. The lowest BCUT2D eigenvalue weighted by Crippen LogP contribution is -2.42. The number of anilines is 1. The molecule has 0 aliphatic carbocycles. The number of benzene rings is 1. The molecule has 1 saturated heterocycles. The molecule has 1 N–H and O–H groups in total. The average Bonchev–Trinajstić information content (AvgIpc) is 2.91. The summed E-state index contributed by atoms with van der Waals surface area (Å²) in [5.74, 6) is -1.15. The van der Waals surface area contributed by atoms with Gasteiger partial charge in [0.1, 0.15) is 0 Å². The summed E-state index contributed by atoms with van der Waals surface area (Å²) < 4.78 is 0. The van der Waals surface area contributed by atoms with Crippen molar-refractivity contribution in [3.8, 4) is 0 Å². The molecule has 2 atom stereocenters. The van der Waals surface area contributed by atoms with Crippen LogP contribution in [-0.2, 0) is 9.59 Å². The molecule has 0 saturated carbocycles. The molecule has 2 aliphatic rings. The number of hydrogen-bond donors (Lipinski definition) is 1. The van der Waals surface area contributed by atoms with E-state index in [1.807, 2.05) is 31.3 Å². The van der Waals surface area contributed by atoms with E-state index in [-0.39, 0.29) is 11.8 Å². The van der Waals surface area contributed by atoms with E-state index in [2.05, 4.69) is 4.90 Å². The van der Waals surface area contributed by atoms with Gasteiger partial charge in [0, 0.05) is 18.8 Å². The van der Waals surface area contributed by atoms with Crippen LogP contribution in [0.5, 0.6) is 0 Å². The fourth-order valence-electron chi connectivity index (χ4n) is 3.40. The van der Waals surface area contributed by atoms with Crippen molar-refractivity contribution in [1.29, 1.82) is 0 Å². The highest BCUT2D eigenvalue weighted by Gasteiger charge is 2.36. The molecule has 0 aromatic heterocycles. The first-order valence-corrected chi connectivity index (χ1v) is 7.39. The molecule has 1 fully saturated rings. The van der Waals surface area contributed by atoms with Crippen molar-refractivity contribution in [1.82, 2.24) is 4.90 Å². The summed E-state index contributed by atoms with van der Waals surface area (Å²) in [6, 6.07) is 7.39. The molecule has 112 valence electrons. The minimum absolute atomic E-state index is 0.0319. The Hall–Kier alpha value is -1.88. The standard InChI is InChI=1S/C16H20N2O3/c1-17-8-6-11(10-17)15(19)18-9-7-13(16(20)21)12-4-2-3-5-14(12)18/h2-5,11,13H,6-10H2,1H3,(H,20,21). The summed E-state index contributed by atoms with van der Waals surface area (Å²) in [5.41, 5.74) is 1.53. The number of hydrogen-bond acceptors (Lipinski definition) is 3. The van der Waals surface area contributed by atoms with Gasteiger partial charge in [-0.1, -0.05) is 18.2 Å². The van der Waals surface area contributed by atoms with Crippen LogP contribution in [0.4, 0.5) is 5.69 Å². The van der Waals surface area contributed by atoms with E-state index >= 15 is 0 Å². The third kappa shape index (κ3) is 2.53. The molecule has 2 unspecified atom stereocenters. The smallest absolute Gasteiger partial charge is 0.311 e. The number of carbonyl (C=O) groups excluding carboxylic acids is 1. The predicted octanol–water partition coefficient (Wildman–Crippen LogP) is 1.54. The van der Waals surface area contributed by atoms with E-state index < -0.39 is 11.9 Å². The van der Waals surface area contributed by atoms with Crippen LogP contribution in [0.1, 0.15) is 24.3 Å². The third-order valence-electron chi connectivity index (χ3n) is 4.55. The van der Waals surface area contributed by atoms with Crippen LogP contribution in [0.3, 0.4) is 0 Å². The molecular formula is C16H20N2O3. The SMILES string of the molecule is CN1CCC(C(=O)N2CCC(C(=O)O)c3ccccc32)C1. The molecular weight excluding hydrogens is 268 g/mol. The molecule has 2 aliphatic heterocycles. The van der Waals surface area contributed by atoms with Gasteiger partial charge < -0.3 is 14.9 Å². The molecule has 5 nitrogen and oxygen atoms in total. The van der Waals surface area contributed by atoms with Gasteiger partial charge in [-0.05, 0) is 38.1 Å². The Bertz CT molecular complexity index is 572. The first-order chi connectivity index (χ1) is 10.1. The number of nitrogens with zero attached hydrogens (tertiary/aromatic N) is 2. The Morgan fingerprint density at radius 2 is 1.95 bits per heavy atom. The summed E-state index contributed by atoms with van der Waals surface area (Å²) in [4.78, 5) is 28.1. The van der Waals surface area contributed by atoms with Gasteiger partial charge in [0.2, 0.25) is 5.91 Å². The molecule has 21 heavy (non-hydrogen) atoms. The second-order valence-electron chi connectivity index (χ2n) is 5.98. The number of para-hydroxylation sites is 1. The summed E-state index contributed by atoms with van der Waals surface area (Å²) in [7, 11) is 2.03. The monoisotopic (exact) mass is 288 g/mol. The maximum atomic E-state index is 12.7. The van der Waals surface area contributed by atoms with E-state index in [0.29, 0.717) is 13.0 Å². The van der Waals surface area contributed by atoms with Crippen molar-refractivity contribution in [3.63, 3.8) is 0 Å². The highest BCUT2D eigenvalue weighted by Crippen LogP contribution is 2.36. The number of carboxylic acid groups (broad SMARTS) is 1. The van der Waals surface area contributed by atoms with E-state index in [9.17, 15) is 14.7 Å². The van der Waals surface area contributed by atoms with Crippen LogP contribution in [0, 0.1) is 5.92 Å². The van der Waals surface area contributed by atoms with Crippen molar-refractivity contribution >= 4 is 17.6 Å². The highest BCUT2D eigenvalue weighted by molar-refractivity contribution is 5.98. The minimum Gasteiger partial charge on any atom is -0.481 e. The number of rotatable bonds is 2. The zero-order valence-electron chi connectivity index (χ0n) is 12.2. The topological polar surface area (TPSA) is 60.9 Å². The number of likely N-dealkylation sites (tertiary alicyclic amines) is 1. The van der Waals surface area contributed by atoms with Gasteiger partial charge in [-0.15, -0.1) is 0 Å². The van der Waals surface area contributed by atoms with Crippen LogP contribution in [0.25, 0.3) is 0 Å². The Balaban J connectivity index is 1.89. The van der Waals surface area contributed by atoms with Crippen LogP contribution in [0.15, 0.2) is 24.3 Å². The molecule has 1 aromatic rings. The number of carboxylic acids is 1. The van der Waals surface area contributed by atoms with Gasteiger partial charge >= 0.3 is 5.97 Å². The van der Waals surface area contributed by atoms with Crippen molar-refractivity contribution in [2.45, 2.75) is 18.8 Å². The normalized spacial score (nSPS) is 25.7. The molecule has 1 aromatic carbocycles. The van der Waals surface area contributed by atoms with E-state index in [0.717, 1.165) is 30.8 Å². The van der Waals surface area contributed by atoms with Gasteiger partial charge in [-0.2, -0.15) is 0 Å². The molecule has 1 amide bonds. The Morgan fingerprint density at radius 1 is 1.19 bits per heavy atom. The van der Waals surface area contributed by atoms with Crippen molar-refractivity contribution in [3.05, 3.63) is 29.8 Å². The molecule has 3 rings (SSSR count). The van der Waals surface area contributed by atoms with Gasteiger partial charge in [0.25, 0.3) is 0 Å². The first-order valence-electron chi connectivity index (χ1n) is 7.39. The molecule has 0 spiro atoms. The van der Waals surface area contributed by atoms with Gasteiger partial charge in [0.15, 0.2) is 0 Å². The zero-order valence-corrected chi connectivity index (χ0v) is 12.2. The minimum atomic E-state index is -0.810. The Labute approximate surface area is 124 Å². The highest BCUT2D eigenvalue weighted by atomic mass is 16.4. The Morgan fingerprint density at radius 3 is 2.62 bits per heavy atom. The van der Waals surface area contributed by atoms with Crippen molar-refractivity contribution in [2.24, 2.45) is 5.92 Å². The second-order valence-corrected chi connectivity index (χ2v) is 5.98. The molecule has 0 bridgehead atoms. The van der Waals surface area contributed by atoms with Crippen LogP contribution >= 0.6 is 0 Å². The van der Waals surface area contributed by atoms with Gasteiger partial charge in [-0.25, -0.2) is 0 Å². The molecule has 5 heteroatoms. The maximum Gasteiger partial charge on any atom is 0.311 e. The van der Waals surface area contributed by atoms with Gasteiger partial charge in [-0.3, -0.25) is 9.59 Å². The fraction of sp³-hybridized carbons (Fsp3) is 0.500. The van der Waals surface area contributed by atoms with E-state index in [1.54, 1.807) is 4.90 Å². The summed E-state index contributed by atoms with van der Waals surface area (Å²) in [6.07, 6.45) is 1.37. The third-order valence-corrected chi connectivity index (χ3v) is 4.55. The van der Waals surface area contributed by atoms with Crippen LogP contribution < -0.4 is 4.90 Å². The molecule has 0 radical (unpaired) electrons. The molecule has 2 heterocycles. The van der Waals surface area contributed by atoms with Gasteiger partial charge in [0.05, 0.1) is 11.8 Å². The first kappa shape index (κ1) is 14.1.